The highest BCUT2D eigenvalue weighted by Gasteiger charge is 2.12. The maximum absolute atomic E-state index is 12.4. The van der Waals surface area contributed by atoms with Crippen LogP contribution in [0.15, 0.2) is 42.5 Å². The topological polar surface area (TPSA) is 90.6 Å². The van der Waals surface area contributed by atoms with Gasteiger partial charge in [0.05, 0.1) is 13.2 Å². The molecule has 0 heterocycles. The minimum Gasteiger partial charge on any atom is -0.490 e. The van der Waals surface area contributed by atoms with Crippen molar-refractivity contribution in [3.8, 4) is 11.5 Å². The van der Waals surface area contributed by atoms with E-state index in [0.717, 1.165) is 18.4 Å². The van der Waals surface area contributed by atoms with E-state index in [4.69, 9.17) is 15.2 Å². The summed E-state index contributed by atoms with van der Waals surface area (Å²) in [4.78, 5) is 23.5. The molecule has 2 aromatic carbocycles. The third-order valence-electron chi connectivity index (χ3n) is 3.95. The summed E-state index contributed by atoms with van der Waals surface area (Å²) >= 11 is 0. The summed E-state index contributed by atoms with van der Waals surface area (Å²) in [5, 5.41) is 2.85. The number of rotatable bonds is 10. The van der Waals surface area contributed by atoms with Crippen molar-refractivity contribution in [3.63, 3.8) is 0 Å². The van der Waals surface area contributed by atoms with Gasteiger partial charge in [0.25, 0.3) is 5.91 Å². The average molecular weight is 370 g/mol. The van der Waals surface area contributed by atoms with E-state index >= 15 is 0 Å². The molecule has 0 aromatic heterocycles. The van der Waals surface area contributed by atoms with Crippen LogP contribution in [-0.2, 0) is 6.54 Å². The molecule has 0 spiro atoms. The molecular weight excluding hydrogens is 344 g/mol. The number of nitrogens with one attached hydrogen (secondary N) is 1. The highest BCUT2D eigenvalue weighted by molar-refractivity contribution is 5.95. The van der Waals surface area contributed by atoms with Gasteiger partial charge in [0.1, 0.15) is 0 Å². The minimum atomic E-state index is -0.477. The summed E-state index contributed by atoms with van der Waals surface area (Å²) in [6.07, 6.45) is 2.01. The molecule has 0 saturated heterocycles. The minimum absolute atomic E-state index is 0.213. The van der Waals surface area contributed by atoms with Crippen LogP contribution in [0.1, 0.15) is 53.0 Å². The van der Waals surface area contributed by atoms with E-state index in [1.165, 1.54) is 0 Å². The smallest absolute Gasteiger partial charge is 0.251 e. The molecule has 6 heteroatoms. The van der Waals surface area contributed by atoms with E-state index in [9.17, 15) is 9.59 Å². The molecule has 6 nitrogen and oxygen atoms in total. The Labute approximate surface area is 159 Å². The lowest BCUT2D eigenvalue weighted by Gasteiger charge is -2.13. The molecule has 2 aromatic rings. The number of unbranched alkanes of at least 4 members (excludes halogenated alkanes) is 1. The van der Waals surface area contributed by atoms with Crippen molar-refractivity contribution in [1.82, 2.24) is 5.32 Å². The first-order chi connectivity index (χ1) is 13.0. The van der Waals surface area contributed by atoms with Crippen molar-refractivity contribution in [3.05, 3.63) is 59.2 Å². The number of primary amides is 1. The van der Waals surface area contributed by atoms with E-state index in [-0.39, 0.29) is 5.91 Å². The summed E-state index contributed by atoms with van der Waals surface area (Å²) in [5.41, 5.74) is 7.02. The summed E-state index contributed by atoms with van der Waals surface area (Å²) in [5.74, 6) is 0.515. The Balaban J connectivity index is 2.02. The Morgan fingerprint density at radius 1 is 0.963 bits per heavy atom. The number of ether oxygens (including phenoxy) is 2. The molecular formula is C21H26N2O4. The molecule has 2 rings (SSSR count). The number of benzene rings is 2. The number of nitrogens with two attached hydrogens (primary N) is 1. The summed E-state index contributed by atoms with van der Waals surface area (Å²) in [6.45, 7) is 5.43. The Bertz CT molecular complexity index is 772. The Hall–Kier alpha value is -3.02. The highest BCUT2D eigenvalue weighted by Crippen LogP contribution is 2.28. The first-order valence-corrected chi connectivity index (χ1v) is 9.11. The van der Waals surface area contributed by atoms with Crippen LogP contribution in [0, 0.1) is 0 Å². The van der Waals surface area contributed by atoms with E-state index in [2.05, 4.69) is 12.2 Å². The van der Waals surface area contributed by atoms with Gasteiger partial charge in [-0.05, 0) is 49.2 Å². The Kier molecular flexibility index (Phi) is 7.67. The Morgan fingerprint density at radius 3 is 2.30 bits per heavy atom. The predicted molar refractivity (Wildman–Crippen MR) is 104 cm³/mol. The summed E-state index contributed by atoms with van der Waals surface area (Å²) in [7, 11) is 0. The molecule has 0 aliphatic rings. The first kappa shape index (κ1) is 20.3. The van der Waals surface area contributed by atoms with E-state index in [1.807, 2.05) is 6.92 Å². The molecule has 144 valence electrons. The SMILES string of the molecule is CCCCOc1ccc(C(=O)NCc2ccc(C(N)=O)cc2)cc1OCC. The normalized spacial score (nSPS) is 10.3. The monoisotopic (exact) mass is 370 g/mol. The largest absolute Gasteiger partial charge is 0.490 e. The zero-order valence-electron chi connectivity index (χ0n) is 15.8. The number of carbonyl (C=O) groups excluding carboxylic acids is 2. The molecule has 0 radical (unpaired) electrons. The van der Waals surface area contributed by atoms with Crippen molar-refractivity contribution >= 4 is 11.8 Å². The van der Waals surface area contributed by atoms with Gasteiger partial charge < -0.3 is 20.5 Å². The fourth-order valence-corrected chi connectivity index (χ4v) is 2.43. The van der Waals surface area contributed by atoms with E-state index in [0.29, 0.717) is 42.4 Å². The Morgan fingerprint density at radius 2 is 1.67 bits per heavy atom. The van der Waals surface area contributed by atoms with Gasteiger partial charge in [0, 0.05) is 17.7 Å². The van der Waals surface area contributed by atoms with Crippen LogP contribution in [0.4, 0.5) is 0 Å². The number of hydrogen-bond donors (Lipinski definition) is 2. The van der Waals surface area contributed by atoms with Gasteiger partial charge >= 0.3 is 0 Å². The van der Waals surface area contributed by atoms with Crippen LogP contribution in [0.5, 0.6) is 11.5 Å². The molecule has 0 bridgehead atoms. The van der Waals surface area contributed by atoms with Crippen molar-refractivity contribution < 1.29 is 19.1 Å². The molecule has 0 atom stereocenters. The lowest BCUT2D eigenvalue weighted by atomic mass is 10.1. The fourth-order valence-electron chi connectivity index (χ4n) is 2.43. The maximum Gasteiger partial charge on any atom is 0.251 e. The lowest BCUT2D eigenvalue weighted by molar-refractivity contribution is 0.0948. The van der Waals surface area contributed by atoms with Crippen LogP contribution >= 0.6 is 0 Å². The molecule has 3 N–H and O–H groups in total. The van der Waals surface area contributed by atoms with Crippen LogP contribution in [-0.4, -0.2) is 25.0 Å². The number of hydrogen-bond acceptors (Lipinski definition) is 4. The summed E-state index contributed by atoms with van der Waals surface area (Å²) < 4.78 is 11.3. The molecule has 27 heavy (non-hydrogen) atoms. The van der Waals surface area contributed by atoms with Gasteiger partial charge in [-0.15, -0.1) is 0 Å². The second-order valence-electron chi connectivity index (χ2n) is 6.04. The predicted octanol–water partition coefficient (Wildman–Crippen LogP) is 3.29. The quantitative estimate of drug-likeness (QED) is 0.628. The molecule has 2 amide bonds. The second kappa shape index (κ2) is 10.2. The lowest BCUT2D eigenvalue weighted by Crippen LogP contribution is -2.23. The van der Waals surface area contributed by atoms with Crippen LogP contribution < -0.4 is 20.5 Å². The van der Waals surface area contributed by atoms with E-state index in [1.54, 1.807) is 42.5 Å². The maximum atomic E-state index is 12.4. The standard InChI is InChI=1S/C21H26N2O4/c1-3-5-12-27-18-11-10-17(13-19(18)26-4-2)21(25)23-14-15-6-8-16(9-7-15)20(22)24/h6-11,13H,3-5,12,14H2,1-2H3,(H2,22,24)(H,23,25). The molecule has 0 aliphatic heterocycles. The highest BCUT2D eigenvalue weighted by atomic mass is 16.5. The van der Waals surface area contributed by atoms with Gasteiger partial charge in [-0.25, -0.2) is 0 Å². The molecule has 0 aliphatic carbocycles. The van der Waals surface area contributed by atoms with Crippen molar-refractivity contribution in [2.24, 2.45) is 5.73 Å². The zero-order chi connectivity index (χ0) is 19.6. The van der Waals surface area contributed by atoms with Gasteiger partial charge in [0.15, 0.2) is 11.5 Å². The van der Waals surface area contributed by atoms with Crippen molar-refractivity contribution in [2.45, 2.75) is 33.2 Å². The first-order valence-electron chi connectivity index (χ1n) is 9.11. The second-order valence-corrected chi connectivity index (χ2v) is 6.04. The van der Waals surface area contributed by atoms with Crippen molar-refractivity contribution in [2.75, 3.05) is 13.2 Å². The molecule has 0 unspecified atom stereocenters. The molecule has 0 saturated carbocycles. The zero-order valence-corrected chi connectivity index (χ0v) is 15.8. The third-order valence-corrected chi connectivity index (χ3v) is 3.95. The fraction of sp³-hybridized carbons (Fsp3) is 0.333. The summed E-state index contributed by atoms with van der Waals surface area (Å²) in [6, 6.07) is 12.0. The average Bonchev–Trinajstić information content (AvgIpc) is 2.68. The van der Waals surface area contributed by atoms with Crippen LogP contribution in [0.2, 0.25) is 0 Å². The van der Waals surface area contributed by atoms with Gasteiger partial charge in [-0.2, -0.15) is 0 Å². The third kappa shape index (κ3) is 6.02. The van der Waals surface area contributed by atoms with Gasteiger partial charge in [0.2, 0.25) is 5.91 Å². The van der Waals surface area contributed by atoms with Gasteiger partial charge in [-0.3, -0.25) is 9.59 Å². The molecule has 0 fully saturated rings. The van der Waals surface area contributed by atoms with Crippen LogP contribution in [0.3, 0.4) is 0 Å². The van der Waals surface area contributed by atoms with Crippen molar-refractivity contribution in [1.29, 1.82) is 0 Å². The number of amides is 2. The number of carbonyl (C=O) groups is 2. The van der Waals surface area contributed by atoms with Gasteiger partial charge in [-0.1, -0.05) is 25.5 Å². The van der Waals surface area contributed by atoms with Crippen LogP contribution in [0.25, 0.3) is 0 Å². The van der Waals surface area contributed by atoms with E-state index < -0.39 is 5.91 Å².